The Bertz CT molecular complexity index is 490. The molecule has 2 fully saturated rings. The van der Waals surface area contributed by atoms with Gasteiger partial charge in [0.05, 0.1) is 12.7 Å². The molecule has 2 atom stereocenters. The third kappa shape index (κ3) is 2.83. The van der Waals surface area contributed by atoms with E-state index in [1.54, 1.807) is 0 Å². The Morgan fingerprint density at radius 3 is 3.00 bits per heavy atom. The second kappa shape index (κ2) is 6.16. The van der Waals surface area contributed by atoms with Crippen molar-refractivity contribution in [1.29, 1.82) is 0 Å². The Balaban J connectivity index is 1.74. The predicted octanol–water partition coefficient (Wildman–Crippen LogP) is 2.23. The van der Waals surface area contributed by atoms with E-state index in [1.165, 1.54) is 5.56 Å². The molecule has 21 heavy (non-hydrogen) atoms. The Morgan fingerprint density at radius 1 is 1.43 bits per heavy atom. The number of esters is 1. The number of carbonyl (C=O) groups excluding carboxylic acids is 1. The van der Waals surface area contributed by atoms with Crippen molar-refractivity contribution < 1.29 is 14.3 Å². The van der Waals surface area contributed by atoms with Crippen LogP contribution in [0.25, 0.3) is 0 Å². The SMILES string of the molecule is CCOC(=O)[C@]12CCO[C@@H]1CCN(Cc1ccccc1)C2. The lowest BCUT2D eigenvalue weighted by Gasteiger charge is -2.41. The van der Waals surface area contributed by atoms with Crippen molar-refractivity contribution in [2.24, 2.45) is 5.41 Å². The molecule has 3 rings (SSSR count). The Hall–Kier alpha value is -1.39. The number of hydrogen-bond acceptors (Lipinski definition) is 4. The fraction of sp³-hybridized carbons (Fsp3) is 0.588. The molecule has 0 aromatic heterocycles. The Morgan fingerprint density at radius 2 is 2.24 bits per heavy atom. The van der Waals surface area contributed by atoms with E-state index in [2.05, 4.69) is 29.2 Å². The number of rotatable bonds is 4. The fourth-order valence-corrected chi connectivity index (χ4v) is 3.57. The van der Waals surface area contributed by atoms with E-state index >= 15 is 0 Å². The zero-order chi connectivity index (χ0) is 14.7. The lowest BCUT2D eigenvalue weighted by atomic mass is 9.76. The van der Waals surface area contributed by atoms with Gasteiger partial charge in [0.15, 0.2) is 0 Å². The van der Waals surface area contributed by atoms with Crippen molar-refractivity contribution >= 4 is 5.97 Å². The van der Waals surface area contributed by atoms with Crippen LogP contribution in [-0.2, 0) is 20.8 Å². The molecule has 0 unspecified atom stereocenters. The van der Waals surface area contributed by atoms with E-state index in [0.717, 1.165) is 32.5 Å². The van der Waals surface area contributed by atoms with Crippen molar-refractivity contribution in [1.82, 2.24) is 4.90 Å². The maximum atomic E-state index is 12.5. The summed E-state index contributed by atoms with van der Waals surface area (Å²) in [6.45, 7) is 5.57. The summed E-state index contributed by atoms with van der Waals surface area (Å²) in [5.41, 5.74) is 0.831. The maximum Gasteiger partial charge on any atom is 0.316 e. The Kier molecular flexibility index (Phi) is 4.27. The molecule has 0 spiro atoms. The molecule has 4 heteroatoms. The molecule has 2 aliphatic heterocycles. The van der Waals surface area contributed by atoms with Gasteiger partial charge in [-0.25, -0.2) is 0 Å². The summed E-state index contributed by atoms with van der Waals surface area (Å²) in [6.07, 6.45) is 1.72. The average Bonchev–Trinajstić information content (AvgIpc) is 2.93. The lowest BCUT2D eigenvalue weighted by molar-refractivity contribution is -0.164. The van der Waals surface area contributed by atoms with E-state index in [-0.39, 0.29) is 12.1 Å². The number of hydrogen-bond donors (Lipinski definition) is 0. The van der Waals surface area contributed by atoms with Gasteiger partial charge < -0.3 is 9.47 Å². The van der Waals surface area contributed by atoms with Crippen LogP contribution >= 0.6 is 0 Å². The lowest BCUT2D eigenvalue weighted by Crippen LogP contribution is -2.54. The van der Waals surface area contributed by atoms with Crippen LogP contribution in [0.4, 0.5) is 0 Å². The summed E-state index contributed by atoms with van der Waals surface area (Å²) in [5, 5.41) is 0. The van der Waals surface area contributed by atoms with Crippen LogP contribution in [0.1, 0.15) is 25.3 Å². The second-order valence-electron chi connectivity index (χ2n) is 5.97. The molecule has 1 aromatic carbocycles. The first-order chi connectivity index (χ1) is 10.2. The highest BCUT2D eigenvalue weighted by atomic mass is 16.5. The molecule has 2 aliphatic rings. The number of likely N-dealkylation sites (tertiary alicyclic amines) is 1. The number of nitrogens with zero attached hydrogens (tertiary/aromatic N) is 1. The van der Waals surface area contributed by atoms with Crippen LogP contribution in [-0.4, -0.2) is 43.3 Å². The first kappa shape index (κ1) is 14.5. The van der Waals surface area contributed by atoms with E-state index in [1.807, 2.05) is 13.0 Å². The molecule has 0 radical (unpaired) electrons. The van der Waals surface area contributed by atoms with Gasteiger partial charge in [0.25, 0.3) is 0 Å². The molecular formula is C17H23NO3. The summed E-state index contributed by atoms with van der Waals surface area (Å²) in [6, 6.07) is 10.4. The van der Waals surface area contributed by atoms with Crippen LogP contribution in [0, 0.1) is 5.41 Å². The molecule has 1 aromatic rings. The average molecular weight is 289 g/mol. The molecule has 0 N–H and O–H groups in total. The van der Waals surface area contributed by atoms with Gasteiger partial charge in [-0.15, -0.1) is 0 Å². The largest absolute Gasteiger partial charge is 0.465 e. The number of ether oxygens (including phenoxy) is 2. The minimum atomic E-state index is -0.455. The van der Waals surface area contributed by atoms with Crippen LogP contribution in [0.5, 0.6) is 0 Å². The zero-order valence-corrected chi connectivity index (χ0v) is 12.6. The zero-order valence-electron chi connectivity index (χ0n) is 12.6. The smallest absolute Gasteiger partial charge is 0.316 e. The van der Waals surface area contributed by atoms with E-state index < -0.39 is 5.41 Å². The highest BCUT2D eigenvalue weighted by Crippen LogP contribution is 2.42. The number of fused-ring (bicyclic) bond motifs is 1. The molecule has 4 nitrogen and oxygen atoms in total. The van der Waals surface area contributed by atoms with Gasteiger partial charge in [-0.2, -0.15) is 0 Å². The summed E-state index contributed by atoms with van der Waals surface area (Å²) >= 11 is 0. The summed E-state index contributed by atoms with van der Waals surface area (Å²) in [5.74, 6) is -0.0785. The summed E-state index contributed by atoms with van der Waals surface area (Å²) < 4.78 is 11.1. The van der Waals surface area contributed by atoms with Gasteiger partial charge in [0, 0.05) is 26.2 Å². The molecular weight excluding hydrogens is 266 g/mol. The van der Waals surface area contributed by atoms with Crippen molar-refractivity contribution in [3.63, 3.8) is 0 Å². The quantitative estimate of drug-likeness (QED) is 0.797. The minimum absolute atomic E-state index is 0.0311. The van der Waals surface area contributed by atoms with Crippen LogP contribution in [0.2, 0.25) is 0 Å². The number of benzene rings is 1. The van der Waals surface area contributed by atoms with Crippen LogP contribution < -0.4 is 0 Å². The van der Waals surface area contributed by atoms with Gasteiger partial charge in [-0.3, -0.25) is 9.69 Å². The first-order valence-corrected chi connectivity index (χ1v) is 7.80. The minimum Gasteiger partial charge on any atom is -0.465 e. The summed E-state index contributed by atoms with van der Waals surface area (Å²) in [7, 11) is 0. The van der Waals surface area contributed by atoms with Crippen LogP contribution in [0.3, 0.4) is 0 Å². The topological polar surface area (TPSA) is 38.8 Å². The predicted molar refractivity (Wildman–Crippen MR) is 79.8 cm³/mol. The second-order valence-corrected chi connectivity index (χ2v) is 5.97. The molecule has 2 heterocycles. The van der Waals surface area contributed by atoms with Gasteiger partial charge in [0.1, 0.15) is 5.41 Å². The van der Waals surface area contributed by atoms with Gasteiger partial charge in [-0.1, -0.05) is 30.3 Å². The molecule has 114 valence electrons. The van der Waals surface area contributed by atoms with E-state index in [4.69, 9.17) is 9.47 Å². The molecule has 0 amide bonds. The van der Waals surface area contributed by atoms with Gasteiger partial charge >= 0.3 is 5.97 Å². The van der Waals surface area contributed by atoms with Gasteiger partial charge in [-0.05, 0) is 25.3 Å². The van der Waals surface area contributed by atoms with E-state index in [9.17, 15) is 4.79 Å². The fourth-order valence-electron chi connectivity index (χ4n) is 3.57. The highest BCUT2D eigenvalue weighted by Gasteiger charge is 2.54. The molecule has 0 aliphatic carbocycles. The molecule has 0 saturated carbocycles. The highest BCUT2D eigenvalue weighted by molar-refractivity contribution is 5.78. The molecule has 0 bridgehead atoms. The number of piperidine rings is 1. The first-order valence-electron chi connectivity index (χ1n) is 7.80. The standard InChI is InChI=1S/C17H23NO3/c1-2-20-16(19)17-9-11-21-15(17)8-10-18(13-17)12-14-6-4-3-5-7-14/h3-7,15H,2,8-13H2,1H3/t15-,17+/m1/s1. The van der Waals surface area contributed by atoms with Crippen molar-refractivity contribution in [3.8, 4) is 0 Å². The number of carbonyl (C=O) groups is 1. The van der Waals surface area contributed by atoms with Gasteiger partial charge in [0.2, 0.25) is 0 Å². The summed E-state index contributed by atoms with van der Waals surface area (Å²) in [4.78, 5) is 14.8. The Labute approximate surface area is 126 Å². The maximum absolute atomic E-state index is 12.5. The normalized spacial score (nSPS) is 29.1. The van der Waals surface area contributed by atoms with E-state index in [0.29, 0.717) is 13.2 Å². The third-order valence-corrected chi connectivity index (χ3v) is 4.63. The van der Waals surface area contributed by atoms with Crippen molar-refractivity contribution in [3.05, 3.63) is 35.9 Å². The monoisotopic (exact) mass is 289 g/mol. The molecule has 2 saturated heterocycles. The third-order valence-electron chi connectivity index (χ3n) is 4.63. The van der Waals surface area contributed by atoms with Crippen molar-refractivity contribution in [2.75, 3.05) is 26.3 Å². The van der Waals surface area contributed by atoms with Crippen LogP contribution in [0.15, 0.2) is 30.3 Å². The van der Waals surface area contributed by atoms with Crippen molar-refractivity contribution in [2.45, 2.75) is 32.4 Å².